The largest absolute Gasteiger partial charge is 0.306 e. The number of benzene rings is 2. The van der Waals surface area contributed by atoms with Gasteiger partial charge in [-0.05, 0) is 5.53 Å². The second-order valence-corrected chi connectivity index (χ2v) is 25.0. The van der Waals surface area contributed by atoms with E-state index >= 15 is 0 Å². The Morgan fingerprint density at radius 1 is 0.694 bits per heavy atom. The van der Waals surface area contributed by atoms with Crippen LogP contribution in [-0.2, 0) is 17.3 Å². The Morgan fingerprint density at radius 3 is 1.55 bits per heavy atom. The minimum absolute atomic E-state index is 0.213. The first-order valence-electron chi connectivity index (χ1n) is 14.5. The van der Waals surface area contributed by atoms with Gasteiger partial charge in [0.15, 0.2) is 0 Å². The Hall–Kier alpha value is -1.97. The molecule has 0 saturated heterocycles. The summed E-state index contributed by atoms with van der Waals surface area (Å²) < 4.78 is 130. The fourth-order valence-corrected chi connectivity index (χ4v) is 14.2. The molecule has 276 valence electrons. The summed E-state index contributed by atoms with van der Waals surface area (Å²) in [5.74, 6) is -8.38. The zero-order chi connectivity index (χ0) is 37.7. The average Bonchev–Trinajstić information content (AvgIpc) is 3.41. The summed E-state index contributed by atoms with van der Waals surface area (Å²) in [7, 11) is -3.30. The molecule has 0 atom stereocenters. The van der Waals surface area contributed by atoms with Crippen LogP contribution in [0.3, 0.4) is 0 Å². The summed E-state index contributed by atoms with van der Waals surface area (Å²) >= 11 is -6.66. The molecule has 0 aliphatic carbocycles. The van der Waals surface area contributed by atoms with Crippen LogP contribution >= 0.6 is 41.0 Å². The standard InChI is InChI=1S/C13H14F4IN3O.C9H10FIO.C7H13F4N3Si/c1-11(2)9-5-3-4-6-10(9)18(22-11)13(16,17)12(14,15)7-8-20-21-19;1-9(2)7-5-3-4-6-8(7)11(10)12-9;1-15(2,3)7(10,11)6(8,9)4-5-13-14-12/h3-6H,7-8H2,1-2H3;3-6H,1-2H3;4-5H2,1-3H3. The monoisotopic (exact) mass is 954 g/mol. The van der Waals surface area contributed by atoms with Gasteiger partial charge in [0.25, 0.3) is 5.55 Å². The van der Waals surface area contributed by atoms with Crippen molar-refractivity contribution >= 4 is 49.1 Å². The molecule has 20 heteroatoms. The van der Waals surface area contributed by atoms with E-state index in [4.69, 9.17) is 17.2 Å². The number of halogens is 11. The minimum atomic E-state index is -4.28. The SMILES string of the molecule is CC1(C)OI(C(F)(F)C(F)(F)CCN=[N+]=[N-])c2ccccc21.CC1(C)OI(F)c2ccccc21.C[Si](C)(C)C(F)(F)C(F)(F)CCN=[N+]=[N-]. The number of azide groups is 2. The molecule has 2 aliphatic rings. The van der Waals surface area contributed by atoms with E-state index in [-0.39, 0.29) is 3.57 Å². The number of rotatable bonds is 10. The van der Waals surface area contributed by atoms with Gasteiger partial charge in [0, 0.05) is 17.9 Å². The first kappa shape index (κ1) is 43.2. The second kappa shape index (κ2) is 16.1. The smallest absolute Gasteiger partial charge is 0.205 e. The Kier molecular flexibility index (Phi) is 14.2. The van der Waals surface area contributed by atoms with Gasteiger partial charge in [-0.2, -0.15) is 0 Å². The van der Waals surface area contributed by atoms with E-state index in [9.17, 15) is 38.0 Å². The molecule has 2 aromatic rings. The van der Waals surface area contributed by atoms with Gasteiger partial charge in [-0.15, -0.1) is 0 Å². The topological polar surface area (TPSA) is 116 Å². The first-order chi connectivity index (χ1) is 22.3. The van der Waals surface area contributed by atoms with Crippen LogP contribution < -0.4 is 0 Å². The van der Waals surface area contributed by atoms with Gasteiger partial charge in [-0.3, -0.25) is 0 Å². The van der Waals surface area contributed by atoms with E-state index in [1.165, 1.54) is 25.7 Å². The number of hydrogen-bond acceptors (Lipinski definition) is 4. The van der Waals surface area contributed by atoms with Gasteiger partial charge >= 0.3 is 218 Å². The van der Waals surface area contributed by atoms with E-state index in [1.54, 1.807) is 32.0 Å². The number of fused-ring (bicyclic) bond motifs is 2. The Labute approximate surface area is 295 Å². The summed E-state index contributed by atoms with van der Waals surface area (Å²) in [5.41, 5.74) is 12.1. The molecule has 0 unspecified atom stereocenters. The van der Waals surface area contributed by atoms with Crippen LogP contribution in [0.1, 0.15) is 51.7 Å². The summed E-state index contributed by atoms with van der Waals surface area (Å²) in [4.78, 5) is 4.55. The van der Waals surface area contributed by atoms with Gasteiger partial charge in [0.05, 0.1) is 0 Å². The molecule has 0 amide bonds. The third-order valence-electron chi connectivity index (χ3n) is 7.13. The minimum Gasteiger partial charge on any atom is -0.205 e. The number of nitrogens with zero attached hydrogens (tertiary/aromatic N) is 6. The predicted octanol–water partition coefficient (Wildman–Crippen LogP) is 12.7. The second-order valence-electron chi connectivity index (χ2n) is 12.7. The van der Waals surface area contributed by atoms with Crippen LogP contribution in [0, 0.1) is 7.14 Å². The van der Waals surface area contributed by atoms with Crippen molar-refractivity contribution < 1.29 is 44.1 Å². The zero-order valence-corrected chi connectivity index (χ0v) is 32.9. The van der Waals surface area contributed by atoms with Gasteiger partial charge in [-0.25, -0.2) is 17.6 Å². The Balaban J connectivity index is 0.000000269. The van der Waals surface area contributed by atoms with Crippen molar-refractivity contribution in [2.24, 2.45) is 10.2 Å². The van der Waals surface area contributed by atoms with Crippen molar-refractivity contribution in [3.8, 4) is 0 Å². The van der Waals surface area contributed by atoms with E-state index in [0.29, 0.717) is 5.56 Å². The summed E-state index contributed by atoms with van der Waals surface area (Å²) in [6.07, 6.45) is -2.32. The third-order valence-corrected chi connectivity index (χ3v) is 18.3. The molecule has 0 bridgehead atoms. The first-order valence-corrected chi connectivity index (χ1v) is 23.8. The van der Waals surface area contributed by atoms with Crippen LogP contribution in [0.25, 0.3) is 20.9 Å². The molecule has 0 fully saturated rings. The molecular weight excluding hydrogens is 917 g/mol. The molecule has 0 spiro atoms. The van der Waals surface area contributed by atoms with E-state index < -0.39 is 108 Å². The van der Waals surface area contributed by atoms with Crippen molar-refractivity contribution in [1.82, 2.24) is 0 Å². The quantitative estimate of drug-likeness (QED) is 0.0449. The molecule has 2 aliphatic heterocycles. The third kappa shape index (κ3) is 9.88. The van der Waals surface area contributed by atoms with Crippen molar-refractivity contribution in [3.05, 3.63) is 87.7 Å². The summed E-state index contributed by atoms with van der Waals surface area (Å²) in [6, 6.07) is 13.9. The van der Waals surface area contributed by atoms with Crippen LogP contribution in [0.2, 0.25) is 19.6 Å². The number of hydrogen-bond donors (Lipinski definition) is 0. The molecule has 0 N–H and O–H groups in total. The van der Waals surface area contributed by atoms with Gasteiger partial charge in [0.1, 0.15) is 8.07 Å². The molecule has 8 nitrogen and oxygen atoms in total. The molecule has 2 heterocycles. The molecular formula is C29H37F9I2N6O2Si. The van der Waals surface area contributed by atoms with Crippen LogP contribution in [0.4, 0.5) is 38.0 Å². The molecule has 2 aromatic carbocycles. The van der Waals surface area contributed by atoms with Gasteiger partial charge in [-0.1, -0.05) is 24.8 Å². The maximum atomic E-state index is 14.4. The van der Waals surface area contributed by atoms with Crippen LogP contribution in [-0.4, -0.2) is 42.5 Å². The van der Waals surface area contributed by atoms with Gasteiger partial charge in [0.2, 0.25) is 0 Å². The normalized spacial score (nSPS) is 18.0. The van der Waals surface area contributed by atoms with Crippen molar-refractivity contribution in [2.75, 3.05) is 13.1 Å². The maximum absolute atomic E-state index is 14.4. The van der Waals surface area contributed by atoms with Crippen LogP contribution in [0.5, 0.6) is 0 Å². The van der Waals surface area contributed by atoms with E-state index in [2.05, 4.69) is 20.1 Å². The maximum Gasteiger partial charge on any atom is 0.306 e. The van der Waals surface area contributed by atoms with Crippen molar-refractivity contribution in [1.29, 1.82) is 0 Å². The molecule has 0 aromatic heterocycles. The molecule has 49 heavy (non-hydrogen) atoms. The van der Waals surface area contributed by atoms with E-state index in [0.717, 1.165) is 9.13 Å². The average molecular weight is 955 g/mol. The Morgan fingerprint density at radius 2 is 1.10 bits per heavy atom. The van der Waals surface area contributed by atoms with Gasteiger partial charge < -0.3 is 0 Å². The van der Waals surface area contributed by atoms with Crippen molar-refractivity contribution in [3.63, 3.8) is 0 Å². The summed E-state index contributed by atoms with van der Waals surface area (Å²) in [6.45, 7) is 9.25. The van der Waals surface area contributed by atoms with Crippen molar-refractivity contribution in [2.45, 2.75) is 92.7 Å². The fraction of sp³-hybridized carbons (Fsp3) is 0.586. The molecule has 0 saturated carbocycles. The number of alkyl halides is 9. The molecule has 4 rings (SSSR count). The predicted molar refractivity (Wildman–Crippen MR) is 188 cm³/mol. The van der Waals surface area contributed by atoms with Crippen LogP contribution in [0.15, 0.2) is 58.8 Å². The molecule has 0 radical (unpaired) electrons. The fourth-order valence-electron chi connectivity index (χ4n) is 4.33. The Bertz CT molecular complexity index is 1550. The summed E-state index contributed by atoms with van der Waals surface area (Å²) in [5, 5.41) is 5.75. The zero-order valence-electron chi connectivity index (χ0n) is 27.6. The van der Waals surface area contributed by atoms with E-state index in [1.807, 2.05) is 38.1 Å².